The quantitative estimate of drug-likeness (QED) is 0.698. The number of benzene rings is 2. The maximum Gasteiger partial charge on any atom is 0.255 e. The summed E-state index contributed by atoms with van der Waals surface area (Å²) >= 11 is 2.19. The van der Waals surface area contributed by atoms with Crippen LogP contribution in [-0.4, -0.2) is 47.8 Å². The van der Waals surface area contributed by atoms with Gasteiger partial charge in [0.1, 0.15) is 0 Å². The van der Waals surface area contributed by atoms with Crippen LogP contribution in [0.4, 0.5) is 0 Å². The van der Waals surface area contributed by atoms with Crippen molar-refractivity contribution in [1.29, 1.82) is 0 Å². The molecule has 0 bridgehead atoms. The van der Waals surface area contributed by atoms with Crippen LogP contribution in [0.15, 0.2) is 54.6 Å². The summed E-state index contributed by atoms with van der Waals surface area (Å²) in [5.74, 6) is 0.178. The Hall–Kier alpha value is -1.89. The Kier molecular flexibility index (Phi) is 5.50. The fraction of sp³-hybridized carbons (Fsp3) is 0.263. The Bertz CT molecular complexity index is 725. The molecule has 4 nitrogen and oxygen atoms in total. The molecule has 3 rings (SSSR count). The maximum absolute atomic E-state index is 12.6. The third-order valence-corrected chi connectivity index (χ3v) is 5.16. The minimum Gasteiger partial charge on any atom is -0.339 e. The zero-order chi connectivity index (χ0) is 16.9. The molecule has 1 aliphatic rings. The number of amides is 2. The first kappa shape index (κ1) is 17.0. The first-order valence-corrected chi connectivity index (χ1v) is 9.08. The largest absolute Gasteiger partial charge is 0.339 e. The minimum atomic E-state index is 0.0511. The second kappa shape index (κ2) is 7.79. The summed E-state index contributed by atoms with van der Waals surface area (Å²) in [4.78, 5) is 28.7. The van der Waals surface area contributed by atoms with E-state index in [0.717, 1.165) is 14.7 Å². The molecule has 1 aliphatic heterocycles. The molecule has 1 saturated heterocycles. The zero-order valence-corrected chi connectivity index (χ0v) is 15.5. The summed E-state index contributed by atoms with van der Waals surface area (Å²) in [6.07, 6.45) is 0.422. The Morgan fingerprint density at radius 3 is 2.08 bits per heavy atom. The van der Waals surface area contributed by atoms with Gasteiger partial charge in [0.15, 0.2) is 0 Å². The highest BCUT2D eigenvalue weighted by atomic mass is 127. The third kappa shape index (κ3) is 3.95. The van der Waals surface area contributed by atoms with Crippen molar-refractivity contribution in [3.63, 3.8) is 0 Å². The summed E-state index contributed by atoms with van der Waals surface area (Å²) in [7, 11) is 0. The highest BCUT2D eigenvalue weighted by Crippen LogP contribution is 2.16. The summed E-state index contributed by atoms with van der Waals surface area (Å²) in [6, 6.07) is 17.4. The molecule has 0 atom stereocenters. The molecule has 2 aromatic rings. The predicted octanol–water partition coefficient (Wildman–Crippen LogP) is 2.82. The van der Waals surface area contributed by atoms with E-state index in [0.29, 0.717) is 32.6 Å². The lowest BCUT2D eigenvalue weighted by molar-refractivity contribution is -0.131. The van der Waals surface area contributed by atoms with E-state index in [1.165, 1.54) is 0 Å². The molecule has 0 aliphatic carbocycles. The number of carbonyl (C=O) groups excluding carboxylic acids is 2. The van der Waals surface area contributed by atoms with Crippen LogP contribution in [0, 0.1) is 3.57 Å². The smallest absolute Gasteiger partial charge is 0.255 e. The van der Waals surface area contributed by atoms with Crippen molar-refractivity contribution in [3.05, 3.63) is 69.3 Å². The van der Waals surface area contributed by atoms with Crippen LogP contribution >= 0.6 is 22.6 Å². The molecule has 124 valence electrons. The molecule has 1 heterocycles. The number of carbonyl (C=O) groups is 2. The highest BCUT2D eigenvalue weighted by molar-refractivity contribution is 14.1. The maximum atomic E-state index is 12.6. The lowest BCUT2D eigenvalue weighted by Gasteiger charge is -2.35. The van der Waals surface area contributed by atoms with Gasteiger partial charge in [-0.1, -0.05) is 42.5 Å². The molecular formula is C19H19IN2O2. The number of piperazine rings is 1. The normalized spacial score (nSPS) is 14.5. The van der Waals surface area contributed by atoms with E-state index in [4.69, 9.17) is 0 Å². The molecule has 0 N–H and O–H groups in total. The van der Waals surface area contributed by atoms with Gasteiger partial charge in [0.05, 0.1) is 12.0 Å². The minimum absolute atomic E-state index is 0.0511. The Balaban J connectivity index is 1.57. The zero-order valence-electron chi connectivity index (χ0n) is 13.3. The van der Waals surface area contributed by atoms with Gasteiger partial charge in [-0.05, 0) is 40.3 Å². The lowest BCUT2D eigenvalue weighted by atomic mass is 10.1. The van der Waals surface area contributed by atoms with E-state index in [1.54, 1.807) is 0 Å². The van der Waals surface area contributed by atoms with Gasteiger partial charge < -0.3 is 9.80 Å². The first-order chi connectivity index (χ1) is 11.6. The first-order valence-electron chi connectivity index (χ1n) is 8.00. The van der Waals surface area contributed by atoms with E-state index in [1.807, 2.05) is 64.4 Å². The van der Waals surface area contributed by atoms with Crippen LogP contribution in [0.3, 0.4) is 0 Å². The van der Waals surface area contributed by atoms with Crippen LogP contribution in [0.25, 0.3) is 0 Å². The van der Waals surface area contributed by atoms with Gasteiger partial charge in [-0.25, -0.2) is 0 Å². The molecule has 0 unspecified atom stereocenters. The van der Waals surface area contributed by atoms with E-state index < -0.39 is 0 Å². The second-order valence-corrected chi connectivity index (χ2v) is 6.98. The summed E-state index contributed by atoms with van der Waals surface area (Å²) in [6.45, 7) is 2.37. The molecule has 2 aromatic carbocycles. The summed E-state index contributed by atoms with van der Waals surface area (Å²) in [5.41, 5.74) is 1.77. The van der Waals surface area contributed by atoms with Crippen LogP contribution < -0.4 is 0 Å². The monoisotopic (exact) mass is 434 g/mol. The van der Waals surface area contributed by atoms with E-state index in [2.05, 4.69) is 22.6 Å². The van der Waals surface area contributed by atoms with Crippen molar-refractivity contribution in [3.8, 4) is 0 Å². The Morgan fingerprint density at radius 1 is 0.833 bits per heavy atom. The van der Waals surface area contributed by atoms with Gasteiger partial charge in [0.25, 0.3) is 5.91 Å². The average Bonchev–Trinajstić information content (AvgIpc) is 2.62. The molecule has 24 heavy (non-hydrogen) atoms. The van der Waals surface area contributed by atoms with Crippen molar-refractivity contribution in [2.24, 2.45) is 0 Å². The standard InChI is InChI=1S/C19H19IN2O2/c20-17-9-5-4-8-16(17)19(24)22-12-10-21(11-13-22)18(23)14-15-6-2-1-3-7-15/h1-9H,10-14H2. The third-order valence-electron chi connectivity index (χ3n) is 4.22. The SMILES string of the molecule is O=C(Cc1ccccc1)N1CCN(C(=O)c2ccccc2I)CC1. The number of hydrogen-bond acceptors (Lipinski definition) is 2. The molecule has 0 radical (unpaired) electrons. The van der Waals surface area contributed by atoms with E-state index >= 15 is 0 Å². The van der Waals surface area contributed by atoms with Crippen molar-refractivity contribution >= 4 is 34.4 Å². The molecule has 0 aromatic heterocycles. The van der Waals surface area contributed by atoms with Crippen molar-refractivity contribution in [2.75, 3.05) is 26.2 Å². The number of rotatable bonds is 3. The van der Waals surface area contributed by atoms with E-state index in [-0.39, 0.29) is 11.8 Å². The molecule has 0 spiro atoms. The molecule has 0 saturated carbocycles. The number of hydrogen-bond donors (Lipinski definition) is 0. The Labute approximate surface area is 155 Å². The summed E-state index contributed by atoms with van der Waals surface area (Å²) in [5, 5.41) is 0. The van der Waals surface area contributed by atoms with Crippen LogP contribution in [0.2, 0.25) is 0 Å². The summed E-state index contributed by atoms with van der Waals surface area (Å²) < 4.78 is 0.961. The van der Waals surface area contributed by atoms with Crippen LogP contribution in [-0.2, 0) is 11.2 Å². The molecule has 2 amide bonds. The van der Waals surface area contributed by atoms with Crippen molar-refractivity contribution < 1.29 is 9.59 Å². The second-order valence-electron chi connectivity index (χ2n) is 5.82. The van der Waals surface area contributed by atoms with Gasteiger partial charge in [-0.3, -0.25) is 9.59 Å². The Morgan fingerprint density at radius 2 is 1.42 bits per heavy atom. The van der Waals surface area contributed by atoms with Crippen molar-refractivity contribution in [1.82, 2.24) is 9.80 Å². The van der Waals surface area contributed by atoms with Crippen LogP contribution in [0.5, 0.6) is 0 Å². The molecule has 5 heteroatoms. The van der Waals surface area contributed by atoms with E-state index in [9.17, 15) is 9.59 Å². The average molecular weight is 434 g/mol. The molecular weight excluding hydrogens is 415 g/mol. The van der Waals surface area contributed by atoms with Gasteiger partial charge >= 0.3 is 0 Å². The van der Waals surface area contributed by atoms with Gasteiger partial charge in [0.2, 0.25) is 5.91 Å². The number of nitrogens with zero attached hydrogens (tertiary/aromatic N) is 2. The van der Waals surface area contributed by atoms with Gasteiger partial charge in [0, 0.05) is 29.7 Å². The van der Waals surface area contributed by atoms with Gasteiger partial charge in [-0.15, -0.1) is 0 Å². The topological polar surface area (TPSA) is 40.6 Å². The predicted molar refractivity (Wildman–Crippen MR) is 102 cm³/mol. The van der Waals surface area contributed by atoms with Crippen LogP contribution in [0.1, 0.15) is 15.9 Å². The highest BCUT2D eigenvalue weighted by Gasteiger charge is 2.25. The van der Waals surface area contributed by atoms with Gasteiger partial charge in [-0.2, -0.15) is 0 Å². The fourth-order valence-corrected chi connectivity index (χ4v) is 3.46. The lowest BCUT2D eigenvalue weighted by Crippen LogP contribution is -2.51. The molecule has 1 fully saturated rings. The van der Waals surface area contributed by atoms with Crippen molar-refractivity contribution in [2.45, 2.75) is 6.42 Å². The number of halogens is 1. The fourth-order valence-electron chi connectivity index (χ4n) is 2.85.